The molecule has 8 heavy (non-hydrogen) atoms. The lowest BCUT2D eigenvalue weighted by Crippen LogP contribution is -2.02. The molecular weight excluding hydrogens is 232 g/mol. The monoisotopic (exact) mass is 238 g/mol. The highest BCUT2D eigenvalue weighted by molar-refractivity contribution is 9.13. The summed E-state index contributed by atoms with van der Waals surface area (Å²) in [7, 11) is 0. The van der Waals surface area contributed by atoms with Crippen molar-refractivity contribution in [2.45, 2.75) is 34.3 Å². The minimum Gasteiger partial charge on any atom is -0.0838 e. The molecule has 0 saturated heterocycles. The topological polar surface area (TPSA) is 0 Å². The van der Waals surface area contributed by atoms with E-state index in [1.54, 1.807) is 0 Å². The lowest BCUT2D eigenvalue weighted by atomic mass is 10.3. The lowest BCUT2D eigenvalue weighted by Gasteiger charge is -1.99. The van der Waals surface area contributed by atoms with Crippen LogP contribution in [0.4, 0.5) is 0 Å². The summed E-state index contributed by atoms with van der Waals surface area (Å²) in [5, 5.41) is 0. The van der Waals surface area contributed by atoms with E-state index in [2.05, 4.69) is 31.9 Å². The first-order valence-corrected chi connectivity index (χ1v) is 4.63. The van der Waals surface area contributed by atoms with Gasteiger partial charge in [-0.2, -0.15) is 0 Å². The third kappa shape index (κ3) is 0.513. The van der Waals surface area contributed by atoms with Crippen molar-refractivity contribution in [2.75, 3.05) is 0 Å². The number of halogens is 2. The summed E-state index contributed by atoms with van der Waals surface area (Å²) in [6.45, 7) is 0. The van der Waals surface area contributed by atoms with E-state index in [1.165, 1.54) is 25.7 Å². The van der Waals surface area contributed by atoms with E-state index in [9.17, 15) is 0 Å². The Kier molecular flexibility index (Phi) is 0.959. The van der Waals surface area contributed by atoms with Crippen LogP contribution in [0.15, 0.2) is 0 Å². The molecule has 46 valence electrons. The van der Waals surface area contributed by atoms with Gasteiger partial charge in [0, 0.05) is 8.65 Å². The summed E-state index contributed by atoms with van der Waals surface area (Å²) in [6, 6.07) is 0. The number of fused-ring (bicyclic) bond motifs is 1. The van der Waals surface area contributed by atoms with Crippen LogP contribution < -0.4 is 0 Å². The smallest absolute Gasteiger partial charge is 0.0425 e. The van der Waals surface area contributed by atoms with E-state index in [4.69, 9.17) is 0 Å². The average Bonchev–Trinajstić information content (AvgIpc) is 2.00. The van der Waals surface area contributed by atoms with Crippen molar-refractivity contribution in [1.29, 1.82) is 0 Å². The summed E-state index contributed by atoms with van der Waals surface area (Å²) in [4.78, 5) is 0. The van der Waals surface area contributed by atoms with E-state index in [-0.39, 0.29) is 0 Å². The van der Waals surface area contributed by atoms with Gasteiger partial charge in [0.1, 0.15) is 0 Å². The molecule has 0 radical (unpaired) electrons. The van der Waals surface area contributed by atoms with Crippen LogP contribution in [0.5, 0.6) is 0 Å². The Morgan fingerprint density at radius 1 is 1.00 bits per heavy atom. The maximum atomic E-state index is 3.73. The second-order valence-electron chi connectivity index (χ2n) is 2.96. The third-order valence-corrected chi connectivity index (χ3v) is 5.79. The van der Waals surface area contributed by atoms with Gasteiger partial charge in [0.05, 0.1) is 0 Å². The van der Waals surface area contributed by atoms with Gasteiger partial charge in [0.25, 0.3) is 0 Å². The van der Waals surface area contributed by atoms with E-state index < -0.39 is 0 Å². The molecule has 0 nitrogen and oxygen atoms in total. The molecule has 2 aliphatic carbocycles. The van der Waals surface area contributed by atoms with Crippen LogP contribution in [-0.4, -0.2) is 8.65 Å². The van der Waals surface area contributed by atoms with Crippen LogP contribution in [0.25, 0.3) is 0 Å². The highest BCUT2D eigenvalue weighted by Gasteiger charge is 2.67. The molecular formula is C6H8Br2. The van der Waals surface area contributed by atoms with Gasteiger partial charge in [-0.3, -0.25) is 0 Å². The number of rotatable bonds is 0. The van der Waals surface area contributed by atoms with Crippen LogP contribution in [0, 0.1) is 0 Å². The predicted molar refractivity (Wildman–Crippen MR) is 41.8 cm³/mol. The van der Waals surface area contributed by atoms with Gasteiger partial charge in [-0.05, 0) is 19.3 Å². The zero-order chi connectivity index (χ0) is 5.83. The molecule has 0 aromatic heterocycles. The number of hydrogen-bond donors (Lipinski definition) is 0. The van der Waals surface area contributed by atoms with Crippen molar-refractivity contribution < 1.29 is 0 Å². The fraction of sp³-hybridized carbons (Fsp3) is 1.00. The van der Waals surface area contributed by atoms with Crippen LogP contribution in [-0.2, 0) is 0 Å². The van der Waals surface area contributed by atoms with Gasteiger partial charge >= 0.3 is 0 Å². The van der Waals surface area contributed by atoms with Gasteiger partial charge in [-0.1, -0.05) is 38.3 Å². The molecule has 2 fully saturated rings. The second-order valence-corrected chi connectivity index (χ2v) is 6.00. The highest BCUT2D eigenvalue weighted by Crippen LogP contribution is 2.69. The van der Waals surface area contributed by atoms with Gasteiger partial charge < -0.3 is 0 Å². The first kappa shape index (κ1) is 5.72. The molecule has 0 spiro atoms. The molecule has 0 heterocycles. The normalized spacial score (nSPS) is 60.8. The van der Waals surface area contributed by atoms with Crippen LogP contribution in [0.1, 0.15) is 25.7 Å². The number of alkyl halides is 2. The van der Waals surface area contributed by atoms with Crippen LogP contribution in [0.3, 0.4) is 0 Å². The molecule has 2 rings (SSSR count). The lowest BCUT2D eigenvalue weighted by molar-refractivity contribution is 0.764. The minimum atomic E-state index is 0.528. The van der Waals surface area contributed by atoms with Crippen molar-refractivity contribution in [1.82, 2.24) is 0 Å². The zero-order valence-electron chi connectivity index (χ0n) is 4.58. The van der Waals surface area contributed by atoms with E-state index >= 15 is 0 Å². The van der Waals surface area contributed by atoms with Crippen molar-refractivity contribution >= 4 is 31.9 Å². The molecule has 0 amide bonds. The van der Waals surface area contributed by atoms with Crippen molar-refractivity contribution in [3.8, 4) is 0 Å². The summed E-state index contributed by atoms with van der Waals surface area (Å²) in [5.74, 6) is 0. The molecule has 2 atom stereocenters. The van der Waals surface area contributed by atoms with Crippen LogP contribution >= 0.6 is 31.9 Å². The molecule has 0 aromatic carbocycles. The van der Waals surface area contributed by atoms with Crippen molar-refractivity contribution in [3.05, 3.63) is 0 Å². The Bertz CT molecular complexity index is 112. The van der Waals surface area contributed by atoms with Gasteiger partial charge in [-0.25, -0.2) is 0 Å². The van der Waals surface area contributed by atoms with Gasteiger partial charge in [0.15, 0.2) is 0 Å². The fourth-order valence-electron chi connectivity index (χ4n) is 1.67. The maximum Gasteiger partial charge on any atom is 0.0425 e. The molecule has 2 saturated carbocycles. The number of hydrogen-bond acceptors (Lipinski definition) is 0. The Labute approximate surface area is 66.3 Å². The molecule has 0 N–H and O–H groups in total. The van der Waals surface area contributed by atoms with Crippen LogP contribution in [0.2, 0.25) is 0 Å². The fourth-order valence-corrected chi connectivity index (χ4v) is 3.96. The first-order chi connectivity index (χ1) is 3.66. The third-order valence-electron chi connectivity index (χ3n) is 2.38. The largest absolute Gasteiger partial charge is 0.0838 e. The van der Waals surface area contributed by atoms with E-state index in [1.807, 2.05) is 0 Å². The Morgan fingerprint density at radius 2 is 1.50 bits per heavy atom. The van der Waals surface area contributed by atoms with E-state index in [0.717, 1.165) is 0 Å². The SMILES string of the molecule is BrC12CCCC1(Br)C2. The molecule has 2 heteroatoms. The molecule has 0 aromatic rings. The average molecular weight is 240 g/mol. The first-order valence-electron chi connectivity index (χ1n) is 3.04. The second kappa shape index (κ2) is 1.34. The Hall–Kier alpha value is 0.960. The predicted octanol–water partition coefficient (Wildman–Crippen LogP) is 2.84. The van der Waals surface area contributed by atoms with Crippen molar-refractivity contribution in [2.24, 2.45) is 0 Å². The summed E-state index contributed by atoms with van der Waals surface area (Å²) in [6.07, 6.45) is 5.49. The molecule has 2 aliphatic rings. The zero-order valence-corrected chi connectivity index (χ0v) is 7.76. The van der Waals surface area contributed by atoms with Gasteiger partial charge in [0.2, 0.25) is 0 Å². The summed E-state index contributed by atoms with van der Waals surface area (Å²) in [5.41, 5.74) is 0. The van der Waals surface area contributed by atoms with Crippen molar-refractivity contribution in [3.63, 3.8) is 0 Å². The highest BCUT2D eigenvalue weighted by atomic mass is 79.9. The Morgan fingerprint density at radius 3 is 1.62 bits per heavy atom. The van der Waals surface area contributed by atoms with E-state index in [0.29, 0.717) is 8.65 Å². The quantitative estimate of drug-likeness (QED) is 0.571. The molecule has 0 bridgehead atoms. The maximum absolute atomic E-state index is 3.73. The summed E-state index contributed by atoms with van der Waals surface area (Å²) < 4.78 is 1.06. The standard InChI is InChI=1S/C6H8Br2/c7-5-2-1-3-6(5,8)4-5/h1-4H2. The Balaban J connectivity index is 2.26. The summed E-state index contributed by atoms with van der Waals surface area (Å²) >= 11 is 7.45. The molecule has 0 aliphatic heterocycles. The minimum absolute atomic E-state index is 0.528. The molecule has 2 unspecified atom stereocenters. The van der Waals surface area contributed by atoms with Gasteiger partial charge in [-0.15, -0.1) is 0 Å².